The summed E-state index contributed by atoms with van der Waals surface area (Å²) in [6.07, 6.45) is 2.57. The third kappa shape index (κ3) is 6.64. The van der Waals surface area contributed by atoms with Crippen LogP contribution in [0.25, 0.3) is 6.08 Å². The maximum absolute atomic E-state index is 12.6. The van der Waals surface area contributed by atoms with Gasteiger partial charge in [0.25, 0.3) is 11.8 Å². The number of benzene rings is 2. The molecule has 2 aromatic carbocycles. The van der Waals surface area contributed by atoms with Crippen LogP contribution in [-0.2, 0) is 9.59 Å². The molecule has 11 heteroatoms. The normalized spacial score (nSPS) is 14.7. The van der Waals surface area contributed by atoms with Gasteiger partial charge in [0, 0.05) is 22.3 Å². The second-order valence-electron chi connectivity index (χ2n) is 6.86. The Kier molecular flexibility index (Phi) is 9.06. The molecular formula is C22H19BrCl2N2O4S2. The van der Waals surface area contributed by atoms with Crippen molar-refractivity contribution in [2.75, 3.05) is 25.6 Å². The number of nitrogens with one attached hydrogen (secondary N) is 1. The Morgan fingerprint density at radius 1 is 1.24 bits per heavy atom. The lowest BCUT2D eigenvalue weighted by Gasteiger charge is -2.14. The molecule has 1 saturated heterocycles. The van der Waals surface area contributed by atoms with Crippen LogP contribution in [0.4, 0.5) is 5.69 Å². The van der Waals surface area contributed by atoms with E-state index in [4.69, 9.17) is 44.9 Å². The van der Waals surface area contributed by atoms with E-state index >= 15 is 0 Å². The third-order valence-electron chi connectivity index (χ3n) is 4.36. The SMILES string of the molecule is CCCN1C(=O)/C(=C/c2cc(Br)c(OCC(=O)Nc3cc(Cl)cc(Cl)c3)c(OC)c2)SC1=S. The molecule has 0 atom stereocenters. The molecule has 174 valence electrons. The van der Waals surface area contributed by atoms with Gasteiger partial charge in [-0.05, 0) is 64.3 Å². The van der Waals surface area contributed by atoms with E-state index in [0.717, 1.165) is 12.0 Å². The van der Waals surface area contributed by atoms with Crippen molar-refractivity contribution in [3.05, 3.63) is 55.3 Å². The molecule has 0 radical (unpaired) electrons. The average molecular weight is 590 g/mol. The summed E-state index contributed by atoms with van der Waals surface area (Å²) in [5.41, 5.74) is 1.18. The summed E-state index contributed by atoms with van der Waals surface area (Å²) in [5, 5.41) is 3.49. The highest BCUT2D eigenvalue weighted by molar-refractivity contribution is 9.10. The van der Waals surface area contributed by atoms with Gasteiger partial charge in [-0.2, -0.15) is 0 Å². The van der Waals surface area contributed by atoms with Gasteiger partial charge in [-0.1, -0.05) is 54.1 Å². The number of carbonyl (C=O) groups is 2. The zero-order valence-corrected chi connectivity index (χ0v) is 22.3. The van der Waals surface area contributed by atoms with Crippen LogP contribution in [0.1, 0.15) is 18.9 Å². The fourth-order valence-electron chi connectivity index (χ4n) is 2.99. The van der Waals surface area contributed by atoms with Crippen LogP contribution < -0.4 is 14.8 Å². The van der Waals surface area contributed by atoms with E-state index in [-0.39, 0.29) is 12.5 Å². The van der Waals surface area contributed by atoms with Gasteiger partial charge in [-0.25, -0.2) is 0 Å². The van der Waals surface area contributed by atoms with Crippen LogP contribution in [0.2, 0.25) is 10.0 Å². The Labute approximate surface area is 219 Å². The molecule has 1 fully saturated rings. The van der Waals surface area contributed by atoms with Gasteiger partial charge in [0.05, 0.1) is 16.5 Å². The summed E-state index contributed by atoms with van der Waals surface area (Å²) >= 11 is 22.0. The van der Waals surface area contributed by atoms with E-state index in [0.29, 0.717) is 47.5 Å². The molecule has 1 aliphatic heterocycles. The Hall–Kier alpha value is -1.78. The number of anilines is 1. The van der Waals surface area contributed by atoms with Gasteiger partial charge in [0.15, 0.2) is 18.1 Å². The highest BCUT2D eigenvalue weighted by Crippen LogP contribution is 2.39. The van der Waals surface area contributed by atoms with Crippen LogP contribution in [0.3, 0.4) is 0 Å². The number of carbonyl (C=O) groups excluding carboxylic acids is 2. The van der Waals surface area contributed by atoms with Gasteiger partial charge in [-0.3, -0.25) is 14.5 Å². The minimum absolute atomic E-state index is 0.111. The van der Waals surface area contributed by atoms with Crippen molar-refractivity contribution in [2.24, 2.45) is 0 Å². The fourth-order valence-corrected chi connectivity index (χ4v) is 5.40. The molecule has 0 unspecified atom stereocenters. The molecule has 1 aliphatic rings. The Bertz CT molecular complexity index is 1120. The number of thiocarbonyl (C=S) groups is 1. The zero-order valence-electron chi connectivity index (χ0n) is 17.6. The first-order chi connectivity index (χ1) is 15.7. The number of thioether (sulfide) groups is 1. The minimum atomic E-state index is -0.397. The van der Waals surface area contributed by atoms with Gasteiger partial charge < -0.3 is 14.8 Å². The largest absolute Gasteiger partial charge is 0.493 e. The molecule has 1 N–H and O–H groups in total. The highest BCUT2D eigenvalue weighted by Gasteiger charge is 2.31. The first-order valence-corrected chi connectivity index (χ1v) is 12.5. The van der Waals surface area contributed by atoms with Crippen molar-refractivity contribution in [2.45, 2.75) is 13.3 Å². The number of rotatable bonds is 8. The first kappa shape index (κ1) is 25.8. The van der Waals surface area contributed by atoms with Crippen molar-refractivity contribution in [3.8, 4) is 11.5 Å². The minimum Gasteiger partial charge on any atom is -0.493 e. The van der Waals surface area contributed by atoms with E-state index < -0.39 is 5.91 Å². The summed E-state index contributed by atoms with van der Waals surface area (Å²) in [4.78, 5) is 27.1. The summed E-state index contributed by atoms with van der Waals surface area (Å²) in [5.74, 6) is 0.247. The topological polar surface area (TPSA) is 67.9 Å². The number of hydrogen-bond donors (Lipinski definition) is 1. The molecule has 0 aliphatic carbocycles. The maximum atomic E-state index is 12.6. The second-order valence-corrected chi connectivity index (χ2v) is 10.3. The van der Waals surface area contributed by atoms with Gasteiger partial charge in [-0.15, -0.1) is 0 Å². The standard InChI is InChI=1S/C22H19BrCl2N2O4S2/c1-3-4-27-21(29)18(33-22(27)32)7-12-5-16(23)20(17(6-12)30-2)31-11-19(28)26-15-9-13(24)8-14(25)10-15/h5-10H,3-4,11H2,1-2H3,(H,26,28)/b18-7-. The van der Waals surface area contributed by atoms with E-state index in [1.807, 2.05) is 6.92 Å². The van der Waals surface area contributed by atoms with Crippen LogP contribution in [-0.4, -0.2) is 41.3 Å². The van der Waals surface area contributed by atoms with Gasteiger partial charge in [0.1, 0.15) is 4.32 Å². The van der Waals surface area contributed by atoms with E-state index in [1.165, 1.54) is 18.9 Å². The lowest BCUT2D eigenvalue weighted by molar-refractivity contribution is -0.122. The molecule has 0 saturated carbocycles. The number of nitrogens with zero attached hydrogens (tertiary/aromatic N) is 1. The van der Waals surface area contributed by atoms with Crippen molar-refractivity contribution in [3.63, 3.8) is 0 Å². The molecule has 2 aromatic rings. The summed E-state index contributed by atoms with van der Waals surface area (Å²) in [6, 6.07) is 8.24. The lowest BCUT2D eigenvalue weighted by atomic mass is 10.2. The Morgan fingerprint density at radius 3 is 2.58 bits per heavy atom. The highest BCUT2D eigenvalue weighted by atomic mass is 79.9. The molecule has 0 bridgehead atoms. The van der Waals surface area contributed by atoms with E-state index in [9.17, 15) is 9.59 Å². The van der Waals surface area contributed by atoms with Crippen LogP contribution in [0.5, 0.6) is 11.5 Å². The second kappa shape index (κ2) is 11.6. The van der Waals surface area contributed by atoms with Crippen molar-refractivity contribution < 1.29 is 19.1 Å². The third-order valence-corrected chi connectivity index (χ3v) is 6.77. The molecule has 3 rings (SSSR count). The summed E-state index contributed by atoms with van der Waals surface area (Å²) in [7, 11) is 1.49. The molecule has 1 heterocycles. The number of ether oxygens (including phenoxy) is 2. The van der Waals surface area contributed by atoms with Crippen LogP contribution in [0.15, 0.2) is 39.7 Å². The Balaban J connectivity index is 1.73. The summed E-state index contributed by atoms with van der Waals surface area (Å²) in [6.45, 7) is 2.31. The number of methoxy groups -OCH3 is 1. The van der Waals surface area contributed by atoms with E-state index in [2.05, 4.69) is 21.2 Å². The van der Waals surface area contributed by atoms with Crippen LogP contribution >= 0.6 is 63.1 Å². The zero-order chi connectivity index (χ0) is 24.1. The average Bonchev–Trinajstić information content (AvgIpc) is 2.99. The number of hydrogen-bond acceptors (Lipinski definition) is 6. The predicted molar refractivity (Wildman–Crippen MR) is 141 cm³/mol. The molecule has 2 amide bonds. The quantitative estimate of drug-likeness (QED) is 0.284. The summed E-state index contributed by atoms with van der Waals surface area (Å²) < 4.78 is 12.2. The molecule has 0 aromatic heterocycles. The Morgan fingerprint density at radius 2 is 1.94 bits per heavy atom. The van der Waals surface area contributed by atoms with E-state index in [1.54, 1.807) is 41.3 Å². The lowest BCUT2D eigenvalue weighted by Crippen LogP contribution is -2.28. The van der Waals surface area contributed by atoms with Gasteiger partial charge >= 0.3 is 0 Å². The molecular weight excluding hydrogens is 571 g/mol. The van der Waals surface area contributed by atoms with Crippen molar-refractivity contribution in [1.29, 1.82) is 0 Å². The predicted octanol–water partition coefficient (Wildman–Crippen LogP) is 6.39. The van der Waals surface area contributed by atoms with Gasteiger partial charge in [0.2, 0.25) is 0 Å². The van der Waals surface area contributed by atoms with Crippen LogP contribution in [0, 0.1) is 0 Å². The first-order valence-electron chi connectivity index (χ1n) is 9.73. The van der Waals surface area contributed by atoms with Crippen molar-refractivity contribution in [1.82, 2.24) is 4.90 Å². The molecule has 0 spiro atoms. The molecule has 33 heavy (non-hydrogen) atoms. The monoisotopic (exact) mass is 588 g/mol. The fraction of sp³-hybridized carbons (Fsp3) is 0.227. The smallest absolute Gasteiger partial charge is 0.266 e. The van der Waals surface area contributed by atoms with Crippen molar-refractivity contribution >= 4 is 91.0 Å². The number of amides is 2. The maximum Gasteiger partial charge on any atom is 0.266 e. The number of halogens is 3. The molecule has 6 nitrogen and oxygen atoms in total.